The lowest BCUT2D eigenvalue weighted by molar-refractivity contribution is -0.143. The minimum Gasteiger partial charge on any atom is -0.508 e. The van der Waals surface area contributed by atoms with Crippen molar-refractivity contribution < 1.29 is 117 Å². The number of carboxylic acid groups (broad SMARTS) is 2. The van der Waals surface area contributed by atoms with Crippen LogP contribution in [0.1, 0.15) is 126 Å². The number of carbonyl (C=O) groups is 17. The maximum atomic E-state index is 14.2. The molecule has 0 saturated heterocycles. The Morgan fingerprint density at radius 1 is 0.440 bits per heavy atom. The van der Waals surface area contributed by atoms with E-state index in [4.69, 9.17) is 17.2 Å². The van der Waals surface area contributed by atoms with Crippen LogP contribution in [0.25, 0.3) is 0 Å². The van der Waals surface area contributed by atoms with Gasteiger partial charge in [-0.15, -0.1) is 0 Å². The Balaban J connectivity index is 3.29. The first-order valence-electron chi connectivity index (χ1n) is 35.2. The van der Waals surface area contributed by atoms with Crippen LogP contribution in [0.15, 0.2) is 24.3 Å². The van der Waals surface area contributed by atoms with Gasteiger partial charge >= 0.3 is 11.9 Å². The molecule has 15 amide bonds. The van der Waals surface area contributed by atoms with Crippen molar-refractivity contribution in [1.29, 1.82) is 0 Å². The summed E-state index contributed by atoms with van der Waals surface area (Å²) in [7, 11) is 0. The number of aliphatic hydroxyl groups is 4. The number of thioether (sulfide) groups is 1. The molecule has 0 heterocycles. The molecule has 614 valence electrons. The third-order valence-electron chi connectivity index (χ3n) is 16.2. The van der Waals surface area contributed by atoms with E-state index in [1.165, 1.54) is 49.9 Å². The first-order chi connectivity index (χ1) is 50.9. The summed E-state index contributed by atoms with van der Waals surface area (Å²) in [4.78, 5) is 226. The fourth-order valence-electron chi connectivity index (χ4n) is 10.1. The number of aliphatic hydroxyl groups excluding tert-OH is 4. The van der Waals surface area contributed by atoms with Crippen LogP contribution < -0.4 is 91.6 Å². The molecule has 0 fully saturated rings. The number of nitrogens with one attached hydrogen (secondary N) is 14. The van der Waals surface area contributed by atoms with Crippen LogP contribution in [0.2, 0.25) is 0 Å². The highest BCUT2D eigenvalue weighted by Crippen LogP contribution is 2.15. The van der Waals surface area contributed by atoms with Crippen molar-refractivity contribution in [3.8, 4) is 5.75 Å². The Kier molecular flexibility index (Phi) is 43.9. The molecule has 42 heteroatoms. The van der Waals surface area contributed by atoms with Crippen LogP contribution >= 0.6 is 11.8 Å². The van der Waals surface area contributed by atoms with Gasteiger partial charge in [0.25, 0.3) is 0 Å². The van der Waals surface area contributed by atoms with Crippen molar-refractivity contribution in [1.82, 2.24) is 74.4 Å². The first kappa shape index (κ1) is 97.1. The summed E-state index contributed by atoms with van der Waals surface area (Å²) in [5.74, 6) is -20.6. The largest absolute Gasteiger partial charge is 0.508 e. The molecule has 0 aliphatic carbocycles. The van der Waals surface area contributed by atoms with E-state index >= 15 is 0 Å². The van der Waals surface area contributed by atoms with Gasteiger partial charge in [0, 0.05) is 6.42 Å². The van der Waals surface area contributed by atoms with Crippen molar-refractivity contribution in [3.05, 3.63) is 29.8 Å². The van der Waals surface area contributed by atoms with Crippen LogP contribution in [-0.4, -0.2) is 271 Å². The van der Waals surface area contributed by atoms with Gasteiger partial charge in [-0.2, -0.15) is 11.8 Å². The van der Waals surface area contributed by atoms with Crippen LogP contribution in [0.5, 0.6) is 5.75 Å². The second-order valence-corrected chi connectivity index (χ2v) is 28.2. The lowest BCUT2D eigenvalue weighted by Gasteiger charge is -2.29. The molecule has 0 aromatic heterocycles. The number of phenolic OH excluding ortho intramolecular Hbond substituents is 1. The Morgan fingerprint density at radius 3 is 1.33 bits per heavy atom. The fraction of sp³-hybridized carbons (Fsp3) is 0.657. The normalized spacial score (nSPS) is 15.6. The molecule has 109 heavy (non-hydrogen) atoms. The average Bonchev–Trinajstić information content (AvgIpc) is 0.852. The molecule has 0 aliphatic rings. The first-order valence-corrected chi connectivity index (χ1v) is 36.6. The number of primary amides is 1. The van der Waals surface area contributed by atoms with Gasteiger partial charge in [-0.25, -0.2) is 4.79 Å². The topological polar surface area (TPSA) is 678 Å². The van der Waals surface area contributed by atoms with E-state index in [1.807, 2.05) is 0 Å². The second-order valence-electron chi connectivity index (χ2n) is 27.2. The van der Waals surface area contributed by atoms with Gasteiger partial charge in [-0.1, -0.05) is 60.1 Å². The smallest absolute Gasteiger partial charge is 0.326 e. The Labute approximate surface area is 634 Å². The lowest BCUT2D eigenvalue weighted by Crippen LogP contribution is -2.63. The molecule has 0 aliphatic heterocycles. The van der Waals surface area contributed by atoms with Crippen molar-refractivity contribution in [2.45, 2.75) is 224 Å². The van der Waals surface area contributed by atoms with Gasteiger partial charge in [0.15, 0.2) is 0 Å². The minimum absolute atomic E-state index is 0.00270. The SMILES string of the molecule is CSCC[C@H](NC(=O)[C@@H](NC(=O)[C@@H](NC(=O)CNC(=O)CNC(=O)[C@H](CO)NC(=O)[C@H](CC(C)C)NC(=O)[C@@H](NC(=O)[C@@H](NC(=O)[C@H](CC(N)=O)NC(=O)[C@H](C)NC(=O)[C@H](Cc1ccc(O)cc1)NC(=O)[C@H](CC(C)C)NC(=O)[C@H](CC(=O)O)NC(=O)[C@@H](N)CCCCN)[C@@H](C)O)C(C)C)[C@@H](C)O)[C@@H](C)O)C(=O)O. The number of phenols is 1. The van der Waals surface area contributed by atoms with Gasteiger partial charge in [0.2, 0.25) is 88.6 Å². The maximum Gasteiger partial charge on any atom is 0.326 e. The number of aliphatic carboxylic acids is 2. The number of amides is 15. The van der Waals surface area contributed by atoms with Crippen molar-refractivity contribution in [2.75, 3.05) is 38.2 Å². The summed E-state index contributed by atoms with van der Waals surface area (Å²) in [6.45, 7) is 11.5. The molecule has 27 N–H and O–H groups in total. The number of benzene rings is 1. The van der Waals surface area contributed by atoms with E-state index in [0.29, 0.717) is 30.7 Å². The predicted octanol–water partition coefficient (Wildman–Crippen LogP) is -8.47. The van der Waals surface area contributed by atoms with Crippen molar-refractivity contribution >= 4 is 112 Å². The highest BCUT2D eigenvalue weighted by molar-refractivity contribution is 7.98. The molecule has 0 saturated carbocycles. The standard InChI is InChI=1S/C67H111N17O24S/c1-30(2)22-41(77-61(101)45(26-50(93)94)76-56(96)39(69)14-12-13-20-68)59(99)78-43(24-37-15-17-38(89)18-16-37)58(98)73-33(7)55(95)75-44(25-47(70)90)62(102)83-54(36(10)88)66(106)82-51(32(5)6)63(103)79-42(23-31(3)4)60(100)80-46(29-85)57(97)72-27-48(91)71-28-49(92)81-52(34(8)86)65(105)84-53(35(9)87)64(104)74-40(67(107)108)19-21-109-11/h15-18,30-36,39-46,51-54,85-89H,12-14,19-29,68-69H2,1-11H3,(H2,70,90)(H,71,91)(H,72,97)(H,73,98)(H,74,104)(H,75,95)(H,76,96)(H,77,101)(H,78,99)(H,79,103)(H,80,100)(H,81,92)(H,82,106)(H,83,102)(H,84,105)(H,93,94)(H,107,108)/t33-,34+,35+,36+,39-,40-,41-,42-,43-,44-,45-,46-,51-,52-,53-,54-/m0/s1. The van der Waals surface area contributed by atoms with E-state index in [2.05, 4.69) is 74.4 Å². The van der Waals surface area contributed by atoms with Crippen LogP contribution in [0.3, 0.4) is 0 Å². The molecule has 0 bridgehead atoms. The predicted molar refractivity (Wildman–Crippen MR) is 390 cm³/mol. The highest BCUT2D eigenvalue weighted by Gasteiger charge is 2.39. The number of hydrogen-bond acceptors (Lipinski definition) is 25. The van der Waals surface area contributed by atoms with E-state index in [0.717, 1.165) is 27.7 Å². The number of hydrogen-bond donors (Lipinski definition) is 24. The van der Waals surface area contributed by atoms with Gasteiger partial charge in [-0.3, -0.25) is 76.7 Å². The molecule has 0 spiro atoms. The van der Waals surface area contributed by atoms with Crippen molar-refractivity contribution in [3.63, 3.8) is 0 Å². The van der Waals surface area contributed by atoms with Crippen LogP contribution in [0.4, 0.5) is 0 Å². The molecule has 41 nitrogen and oxygen atoms in total. The summed E-state index contributed by atoms with van der Waals surface area (Å²) in [5, 5.41) is 103. The number of carboxylic acids is 2. The summed E-state index contributed by atoms with van der Waals surface area (Å²) in [5.41, 5.74) is 17.3. The average molecular weight is 1570 g/mol. The Bertz CT molecular complexity index is 3270. The number of carbonyl (C=O) groups excluding carboxylic acids is 15. The van der Waals surface area contributed by atoms with Gasteiger partial charge < -0.3 is 127 Å². The summed E-state index contributed by atoms with van der Waals surface area (Å²) in [6, 6.07) is -15.8. The zero-order valence-corrected chi connectivity index (χ0v) is 63.7. The second kappa shape index (κ2) is 49.2. The van der Waals surface area contributed by atoms with Gasteiger partial charge in [0.05, 0.1) is 56.9 Å². The number of unbranched alkanes of at least 4 members (excludes halogenated alkanes) is 1. The number of nitrogens with two attached hydrogens (primary N) is 3. The fourth-order valence-corrected chi connectivity index (χ4v) is 10.6. The molecular weight excluding hydrogens is 1460 g/mol. The third kappa shape index (κ3) is 36.7. The van der Waals surface area contributed by atoms with Gasteiger partial charge in [0.1, 0.15) is 78.3 Å². The summed E-state index contributed by atoms with van der Waals surface area (Å²) < 4.78 is 0. The van der Waals surface area contributed by atoms with Crippen molar-refractivity contribution in [2.24, 2.45) is 35.0 Å². The Morgan fingerprint density at radius 2 is 0.853 bits per heavy atom. The van der Waals surface area contributed by atoms with E-state index in [-0.39, 0.29) is 49.7 Å². The molecule has 1 rings (SSSR count). The van der Waals surface area contributed by atoms with E-state index in [9.17, 15) is 117 Å². The zero-order valence-electron chi connectivity index (χ0n) is 62.9. The monoisotopic (exact) mass is 1570 g/mol. The maximum absolute atomic E-state index is 14.2. The van der Waals surface area contributed by atoms with E-state index in [1.54, 1.807) is 34.0 Å². The number of rotatable bonds is 51. The summed E-state index contributed by atoms with van der Waals surface area (Å²) in [6.07, 6.45) is -4.57. The lowest BCUT2D eigenvalue weighted by atomic mass is 9.99. The molecule has 0 radical (unpaired) electrons. The highest BCUT2D eigenvalue weighted by atomic mass is 32.2. The zero-order chi connectivity index (χ0) is 83.3. The minimum atomic E-state index is -1.97. The molecule has 16 atom stereocenters. The van der Waals surface area contributed by atoms with Crippen LogP contribution in [0, 0.1) is 17.8 Å². The quantitative estimate of drug-likeness (QED) is 0.0269. The Hall–Kier alpha value is -9.88. The molecule has 1 aromatic carbocycles. The van der Waals surface area contributed by atoms with Crippen LogP contribution in [-0.2, 0) is 87.9 Å². The van der Waals surface area contributed by atoms with Gasteiger partial charge in [-0.05, 0) is 114 Å². The molecule has 1 aromatic rings. The molecule has 0 unspecified atom stereocenters. The summed E-state index contributed by atoms with van der Waals surface area (Å²) >= 11 is 1.30. The molecular formula is C67H111N17O24S. The van der Waals surface area contributed by atoms with E-state index < -0.39 is 236 Å². The third-order valence-corrected chi connectivity index (χ3v) is 16.8. The number of aromatic hydroxyl groups is 1.